The Balaban J connectivity index is 1.65. The van der Waals surface area contributed by atoms with Gasteiger partial charge in [-0.2, -0.15) is 0 Å². The molecule has 2 amide bonds. The molecule has 1 fully saturated rings. The number of carbonyl (C=O) groups is 2. The highest BCUT2D eigenvalue weighted by Crippen LogP contribution is 2.40. The van der Waals surface area contributed by atoms with Crippen LogP contribution in [0.15, 0.2) is 60.7 Å². The Morgan fingerprint density at radius 1 is 1.09 bits per heavy atom. The third kappa shape index (κ3) is 5.05. The van der Waals surface area contributed by atoms with Gasteiger partial charge in [-0.15, -0.1) is 11.3 Å². The van der Waals surface area contributed by atoms with Crippen LogP contribution in [-0.2, 0) is 9.53 Å². The molecule has 1 N–H and O–H groups in total. The number of hydrogen-bond donors (Lipinski definition) is 1. The van der Waals surface area contributed by atoms with Gasteiger partial charge in [0.1, 0.15) is 5.00 Å². The van der Waals surface area contributed by atoms with Gasteiger partial charge in [0.2, 0.25) is 5.91 Å². The quantitative estimate of drug-likeness (QED) is 0.313. The lowest BCUT2D eigenvalue weighted by atomic mass is 10.1. The number of ether oxygens (including phenoxy) is 1. The van der Waals surface area contributed by atoms with Crippen molar-refractivity contribution in [1.29, 1.82) is 0 Å². The molecule has 0 unspecified atom stereocenters. The minimum atomic E-state index is -0.495. The molecular formula is C25H23N3O5S. The van der Waals surface area contributed by atoms with Crippen molar-refractivity contribution in [2.75, 3.05) is 31.6 Å². The molecule has 2 heterocycles. The molecule has 3 aromatic rings. The molecule has 1 saturated heterocycles. The molecule has 34 heavy (non-hydrogen) atoms. The van der Waals surface area contributed by atoms with Gasteiger partial charge in [0.15, 0.2) is 0 Å². The Morgan fingerprint density at radius 2 is 1.76 bits per heavy atom. The fourth-order valence-electron chi connectivity index (χ4n) is 3.76. The van der Waals surface area contributed by atoms with Gasteiger partial charge in [-0.05, 0) is 30.2 Å². The standard InChI is InChI=1S/C25H23N3O5S/c1-17-22(25(30)27-13-15-33-16-14-27)24(34-23(17)19-8-3-2-4-9-19)26-21(29)12-11-18-7-5-6-10-20(18)28(31)32/h2-12H,13-16H2,1H3,(H,26,29)/b12-11+. The molecule has 1 aliphatic heterocycles. The number of nitro benzene ring substituents is 1. The summed E-state index contributed by atoms with van der Waals surface area (Å²) in [7, 11) is 0. The first kappa shape index (κ1) is 23.3. The van der Waals surface area contributed by atoms with E-state index >= 15 is 0 Å². The summed E-state index contributed by atoms with van der Waals surface area (Å²) in [4.78, 5) is 39.5. The van der Waals surface area contributed by atoms with Gasteiger partial charge in [0.05, 0.1) is 29.3 Å². The lowest BCUT2D eigenvalue weighted by Gasteiger charge is -2.27. The second kappa shape index (κ2) is 10.4. The summed E-state index contributed by atoms with van der Waals surface area (Å²) in [5.74, 6) is -0.632. The number of hydrogen-bond acceptors (Lipinski definition) is 6. The lowest BCUT2D eigenvalue weighted by Crippen LogP contribution is -2.41. The van der Waals surface area contributed by atoms with Crippen molar-refractivity contribution in [1.82, 2.24) is 4.90 Å². The summed E-state index contributed by atoms with van der Waals surface area (Å²) in [5, 5.41) is 14.5. The predicted molar refractivity (Wildman–Crippen MR) is 132 cm³/mol. The number of morpholine rings is 1. The molecule has 0 aliphatic carbocycles. The van der Waals surface area contributed by atoms with Crippen LogP contribution < -0.4 is 5.32 Å². The molecule has 4 rings (SSSR count). The number of nitro groups is 1. The average Bonchev–Trinajstić information content (AvgIpc) is 3.18. The highest BCUT2D eigenvalue weighted by Gasteiger charge is 2.27. The maximum atomic E-state index is 13.4. The minimum Gasteiger partial charge on any atom is -0.378 e. The highest BCUT2D eigenvalue weighted by molar-refractivity contribution is 7.20. The molecule has 174 valence electrons. The monoisotopic (exact) mass is 477 g/mol. The molecule has 8 nitrogen and oxygen atoms in total. The van der Waals surface area contributed by atoms with Crippen LogP contribution >= 0.6 is 11.3 Å². The van der Waals surface area contributed by atoms with E-state index < -0.39 is 10.8 Å². The van der Waals surface area contributed by atoms with Gasteiger partial charge in [0, 0.05) is 30.1 Å². The normalized spacial score (nSPS) is 13.7. The smallest absolute Gasteiger partial charge is 0.276 e. The van der Waals surface area contributed by atoms with Crippen molar-refractivity contribution >= 4 is 39.9 Å². The first-order valence-electron chi connectivity index (χ1n) is 10.7. The number of carbonyl (C=O) groups excluding carboxylic acids is 2. The van der Waals surface area contributed by atoms with Crippen LogP contribution in [0.3, 0.4) is 0 Å². The van der Waals surface area contributed by atoms with E-state index in [1.807, 2.05) is 37.3 Å². The molecule has 0 bridgehead atoms. The van der Waals surface area contributed by atoms with Crippen LogP contribution in [0.1, 0.15) is 21.5 Å². The van der Waals surface area contributed by atoms with E-state index in [0.29, 0.717) is 42.4 Å². The molecule has 0 saturated carbocycles. The van der Waals surface area contributed by atoms with E-state index in [1.165, 1.54) is 29.6 Å². The van der Waals surface area contributed by atoms with Crippen molar-refractivity contribution in [3.8, 4) is 10.4 Å². The van der Waals surface area contributed by atoms with Crippen molar-refractivity contribution in [3.63, 3.8) is 0 Å². The molecule has 0 atom stereocenters. The Kier molecular flexibility index (Phi) is 7.15. The largest absolute Gasteiger partial charge is 0.378 e. The third-order valence-electron chi connectivity index (χ3n) is 5.48. The summed E-state index contributed by atoms with van der Waals surface area (Å²) in [6.07, 6.45) is 2.64. The number of para-hydroxylation sites is 1. The summed E-state index contributed by atoms with van der Waals surface area (Å²) >= 11 is 1.34. The highest BCUT2D eigenvalue weighted by atomic mass is 32.1. The third-order valence-corrected chi connectivity index (χ3v) is 6.74. The summed E-state index contributed by atoms with van der Waals surface area (Å²) in [6, 6.07) is 15.9. The molecule has 0 spiro atoms. The average molecular weight is 478 g/mol. The van der Waals surface area contributed by atoms with Gasteiger partial charge in [-0.3, -0.25) is 19.7 Å². The van der Waals surface area contributed by atoms with Gasteiger partial charge in [0.25, 0.3) is 11.6 Å². The zero-order valence-corrected chi connectivity index (χ0v) is 19.3. The van der Waals surface area contributed by atoms with Crippen molar-refractivity contribution in [2.45, 2.75) is 6.92 Å². The first-order valence-corrected chi connectivity index (χ1v) is 11.6. The topological polar surface area (TPSA) is 102 Å². The molecule has 1 aliphatic rings. The summed E-state index contributed by atoms with van der Waals surface area (Å²) in [6.45, 7) is 3.80. The fourth-order valence-corrected chi connectivity index (χ4v) is 4.97. The maximum Gasteiger partial charge on any atom is 0.276 e. The second-order valence-electron chi connectivity index (χ2n) is 7.67. The minimum absolute atomic E-state index is 0.0898. The zero-order chi connectivity index (χ0) is 24.1. The van der Waals surface area contributed by atoms with Crippen LogP contribution in [0.5, 0.6) is 0 Å². The Bertz CT molecular complexity index is 1250. The molecular weight excluding hydrogens is 454 g/mol. The van der Waals surface area contributed by atoms with E-state index in [4.69, 9.17) is 4.74 Å². The van der Waals surface area contributed by atoms with Crippen molar-refractivity contribution in [2.24, 2.45) is 0 Å². The fraction of sp³-hybridized carbons (Fsp3) is 0.200. The number of thiophene rings is 1. The van der Waals surface area contributed by atoms with Crippen LogP contribution in [-0.4, -0.2) is 47.9 Å². The van der Waals surface area contributed by atoms with E-state index in [9.17, 15) is 19.7 Å². The number of nitrogens with one attached hydrogen (secondary N) is 1. The van der Waals surface area contributed by atoms with E-state index in [-0.39, 0.29) is 11.6 Å². The van der Waals surface area contributed by atoms with Crippen LogP contribution in [0, 0.1) is 17.0 Å². The molecule has 0 radical (unpaired) electrons. The van der Waals surface area contributed by atoms with Crippen LogP contribution in [0.4, 0.5) is 10.7 Å². The van der Waals surface area contributed by atoms with Gasteiger partial charge < -0.3 is 15.0 Å². The van der Waals surface area contributed by atoms with Crippen molar-refractivity contribution in [3.05, 3.63) is 87.5 Å². The predicted octanol–water partition coefficient (Wildman–Crippen LogP) is 4.76. The zero-order valence-electron chi connectivity index (χ0n) is 18.5. The number of anilines is 1. The van der Waals surface area contributed by atoms with Gasteiger partial charge >= 0.3 is 0 Å². The van der Waals surface area contributed by atoms with Crippen LogP contribution in [0.2, 0.25) is 0 Å². The van der Waals surface area contributed by atoms with Gasteiger partial charge in [-0.25, -0.2) is 0 Å². The Labute approximate surface area is 200 Å². The van der Waals surface area contributed by atoms with E-state index in [2.05, 4.69) is 5.32 Å². The molecule has 9 heteroatoms. The summed E-state index contributed by atoms with van der Waals surface area (Å²) in [5.41, 5.74) is 2.44. The molecule has 2 aromatic carbocycles. The summed E-state index contributed by atoms with van der Waals surface area (Å²) < 4.78 is 5.37. The van der Waals surface area contributed by atoms with Gasteiger partial charge in [-0.1, -0.05) is 42.5 Å². The van der Waals surface area contributed by atoms with Crippen LogP contribution in [0.25, 0.3) is 16.5 Å². The Hall–Kier alpha value is -3.82. The lowest BCUT2D eigenvalue weighted by molar-refractivity contribution is -0.385. The number of amides is 2. The second-order valence-corrected chi connectivity index (χ2v) is 8.69. The number of nitrogens with zero attached hydrogens (tertiary/aromatic N) is 2. The SMILES string of the molecule is Cc1c(-c2ccccc2)sc(NC(=O)/C=C/c2ccccc2[N+](=O)[O-])c1C(=O)N1CCOCC1. The van der Waals surface area contributed by atoms with E-state index in [1.54, 1.807) is 23.1 Å². The number of benzene rings is 2. The maximum absolute atomic E-state index is 13.4. The van der Waals surface area contributed by atoms with Crippen molar-refractivity contribution < 1.29 is 19.2 Å². The molecule has 1 aromatic heterocycles. The van der Waals surface area contributed by atoms with E-state index in [0.717, 1.165) is 16.0 Å². The first-order chi connectivity index (χ1) is 16.5. The number of rotatable bonds is 6. The Morgan fingerprint density at radius 3 is 2.47 bits per heavy atom.